The predicted molar refractivity (Wildman–Crippen MR) is 99.6 cm³/mol. The Morgan fingerprint density at radius 3 is 2.73 bits per heavy atom. The molecule has 0 aliphatic rings. The molecule has 0 saturated heterocycles. The lowest BCUT2D eigenvalue weighted by molar-refractivity contribution is -0.120. The first-order valence-electron chi connectivity index (χ1n) is 8.85. The van der Waals surface area contributed by atoms with Gasteiger partial charge in [0, 0.05) is 24.6 Å². The van der Waals surface area contributed by atoms with Crippen molar-refractivity contribution in [2.24, 2.45) is 0 Å². The molecule has 0 fully saturated rings. The molecular weight excluding hydrogens is 332 g/mol. The number of imide groups is 1. The number of likely N-dealkylation sites (N-methyl/N-ethyl adjacent to an activating group) is 1. The molecule has 0 atom stereocenters. The molecular formula is C19H26N4O3. The number of rotatable bonds is 9. The number of nitrogens with zero attached hydrogens (tertiary/aromatic N) is 2. The molecule has 0 aliphatic carbocycles. The smallest absolute Gasteiger partial charge is 0.321 e. The van der Waals surface area contributed by atoms with E-state index in [4.69, 9.17) is 4.52 Å². The largest absolute Gasteiger partial charge is 0.361 e. The van der Waals surface area contributed by atoms with Crippen molar-refractivity contribution in [1.29, 1.82) is 0 Å². The van der Waals surface area contributed by atoms with Gasteiger partial charge in [-0.2, -0.15) is 0 Å². The number of benzene rings is 1. The van der Waals surface area contributed by atoms with E-state index in [1.807, 2.05) is 55.3 Å². The number of aromatic nitrogens is 1. The molecule has 2 N–H and O–H groups in total. The lowest BCUT2D eigenvalue weighted by Gasteiger charge is -2.15. The number of amides is 3. The van der Waals surface area contributed by atoms with E-state index in [9.17, 15) is 9.59 Å². The Kier molecular flexibility index (Phi) is 7.82. The number of hydrogen-bond acceptors (Lipinski definition) is 5. The average molecular weight is 358 g/mol. The number of hydrogen-bond donors (Lipinski definition) is 2. The van der Waals surface area contributed by atoms with Gasteiger partial charge in [0.15, 0.2) is 0 Å². The van der Waals surface area contributed by atoms with Gasteiger partial charge in [-0.25, -0.2) is 4.79 Å². The van der Waals surface area contributed by atoms with Crippen LogP contribution in [0.25, 0.3) is 11.3 Å². The molecule has 0 aliphatic heterocycles. The first kappa shape index (κ1) is 19.7. The predicted octanol–water partition coefficient (Wildman–Crippen LogP) is 2.44. The molecule has 0 bridgehead atoms. The minimum Gasteiger partial charge on any atom is -0.361 e. The monoisotopic (exact) mass is 358 g/mol. The molecule has 0 unspecified atom stereocenters. The fourth-order valence-corrected chi connectivity index (χ4v) is 2.47. The second kappa shape index (κ2) is 10.4. The Labute approximate surface area is 153 Å². The molecule has 1 heterocycles. The van der Waals surface area contributed by atoms with Crippen molar-refractivity contribution in [1.82, 2.24) is 20.7 Å². The highest BCUT2D eigenvalue weighted by Crippen LogP contribution is 2.19. The van der Waals surface area contributed by atoms with Crippen LogP contribution in [0, 0.1) is 0 Å². The zero-order chi connectivity index (χ0) is 18.8. The number of aryl methyl sites for hydroxylation is 1. The summed E-state index contributed by atoms with van der Waals surface area (Å²) in [6.07, 6.45) is 2.40. The SMILES string of the molecule is CCCNC(=O)NC(=O)CN(C)CCCc1cc(-c2ccccc2)no1. The molecule has 2 aromatic rings. The normalized spacial score (nSPS) is 10.7. The Morgan fingerprint density at radius 2 is 2.00 bits per heavy atom. The minimum absolute atomic E-state index is 0.172. The van der Waals surface area contributed by atoms with Crippen molar-refractivity contribution in [2.75, 3.05) is 26.7 Å². The van der Waals surface area contributed by atoms with Gasteiger partial charge in [-0.15, -0.1) is 0 Å². The van der Waals surface area contributed by atoms with Gasteiger partial charge in [0.05, 0.1) is 6.54 Å². The molecule has 1 aromatic heterocycles. The summed E-state index contributed by atoms with van der Waals surface area (Å²) < 4.78 is 5.37. The molecule has 0 spiro atoms. The van der Waals surface area contributed by atoms with E-state index in [1.54, 1.807) is 0 Å². The van der Waals surface area contributed by atoms with Crippen LogP contribution in [0.1, 0.15) is 25.5 Å². The fourth-order valence-electron chi connectivity index (χ4n) is 2.47. The van der Waals surface area contributed by atoms with Gasteiger partial charge in [0.2, 0.25) is 5.91 Å². The fraction of sp³-hybridized carbons (Fsp3) is 0.421. The molecule has 140 valence electrons. The van der Waals surface area contributed by atoms with Gasteiger partial charge < -0.3 is 9.84 Å². The third-order valence-electron chi connectivity index (χ3n) is 3.79. The van der Waals surface area contributed by atoms with Crippen LogP contribution in [0.2, 0.25) is 0 Å². The molecule has 1 aromatic carbocycles. The zero-order valence-electron chi connectivity index (χ0n) is 15.3. The van der Waals surface area contributed by atoms with Crippen LogP contribution in [0.5, 0.6) is 0 Å². The van der Waals surface area contributed by atoms with E-state index in [2.05, 4.69) is 15.8 Å². The maximum atomic E-state index is 11.8. The van der Waals surface area contributed by atoms with Crippen LogP contribution in [0.3, 0.4) is 0 Å². The first-order valence-corrected chi connectivity index (χ1v) is 8.85. The lowest BCUT2D eigenvalue weighted by Crippen LogP contribution is -2.44. The van der Waals surface area contributed by atoms with E-state index in [1.165, 1.54) is 0 Å². The molecule has 3 amide bonds. The summed E-state index contributed by atoms with van der Waals surface area (Å²) in [6, 6.07) is 11.4. The Bertz CT molecular complexity index is 700. The third kappa shape index (κ3) is 6.68. The van der Waals surface area contributed by atoms with Gasteiger partial charge in [-0.05, 0) is 26.4 Å². The highest BCUT2D eigenvalue weighted by molar-refractivity contribution is 5.95. The van der Waals surface area contributed by atoms with Gasteiger partial charge in [-0.1, -0.05) is 42.4 Å². The van der Waals surface area contributed by atoms with Crippen molar-refractivity contribution < 1.29 is 14.1 Å². The van der Waals surface area contributed by atoms with Crippen LogP contribution in [0.15, 0.2) is 40.9 Å². The highest BCUT2D eigenvalue weighted by atomic mass is 16.5. The molecule has 2 rings (SSSR count). The van der Waals surface area contributed by atoms with Gasteiger partial charge in [-0.3, -0.25) is 15.0 Å². The van der Waals surface area contributed by atoms with Crippen LogP contribution >= 0.6 is 0 Å². The van der Waals surface area contributed by atoms with Gasteiger partial charge in [0.1, 0.15) is 11.5 Å². The molecule has 7 heteroatoms. The summed E-state index contributed by atoms with van der Waals surface area (Å²) in [4.78, 5) is 25.1. The van der Waals surface area contributed by atoms with E-state index in [0.29, 0.717) is 13.1 Å². The second-order valence-electron chi connectivity index (χ2n) is 6.19. The van der Waals surface area contributed by atoms with Crippen molar-refractivity contribution in [2.45, 2.75) is 26.2 Å². The van der Waals surface area contributed by atoms with Crippen LogP contribution < -0.4 is 10.6 Å². The zero-order valence-corrected chi connectivity index (χ0v) is 15.3. The maximum absolute atomic E-state index is 11.8. The molecule has 26 heavy (non-hydrogen) atoms. The van der Waals surface area contributed by atoms with Crippen LogP contribution in [-0.4, -0.2) is 48.7 Å². The lowest BCUT2D eigenvalue weighted by atomic mass is 10.1. The van der Waals surface area contributed by atoms with Crippen molar-refractivity contribution in [3.05, 3.63) is 42.2 Å². The molecule has 0 saturated carbocycles. The summed E-state index contributed by atoms with van der Waals surface area (Å²) in [6.45, 7) is 3.39. The van der Waals surface area contributed by atoms with Crippen LogP contribution in [-0.2, 0) is 11.2 Å². The Balaban J connectivity index is 1.68. The van der Waals surface area contributed by atoms with Crippen molar-refractivity contribution >= 4 is 11.9 Å². The maximum Gasteiger partial charge on any atom is 0.321 e. The number of carbonyl (C=O) groups excluding carboxylic acids is 2. The standard InChI is InChI=1S/C19H26N4O3/c1-3-11-20-19(25)21-18(24)14-23(2)12-7-10-16-13-17(22-26-16)15-8-5-4-6-9-15/h4-6,8-9,13H,3,7,10-12,14H2,1-2H3,(H2,20,21,24,25). The summed E-state index contributed by atoms with van der Waals surface area (Å²) >= 11 is 0. The van der Waals surface area contributed by atoms with Crippen molar-refractivity contribution in [3.63, 3.8) is 0 Å². The first-order chi connectivity index (χ1) is 12.6. The second-order valence-corrected chi connectivity index (χ2v) is 6.19. The van der Waals surface area contributed by atoms with E-state index in [0.717, 1.165) is 36.3 Å². The van der Waals surface area contributed by atoms with Crippen molar-refractivity contribution in [3.8, 4) is 11.3 Å². The summed E-state index contributed by atoms with van der Waals surface area (Å²) in [7, 11) is 1.85. The molecule has 7 nitrogen and oxygen atoms in total. The van der Waals surface area contributed by atoms with E-state index < -0.39 is 6.03 Å². The van der Waals surface area contributed by atoms with Crippen LogP contribution in [0.4, 0.5) is 4.79 Å². The highest BCUT2D eigenvalue weighted by Gasteiger charge is 2.11. The number of carbonyl (C=O) groups is 2. The molecule has 0 radical (unpaired) electrons. The summed E-state index contributed by atoms with van der Waals surface area (Å²) in [5.74, 6) is 0.507. The summed E-state index contributed by atoms with van der Waals surface area (Å²) in [5, 5.41) is 9.02. The van der Waals surface area contributed by atoms with Gasteiger partial charge >= 0.3 is 6.03 Å². The quantitative estimate of drug-likeness (QED) is 0.719. The average Bonchev–Trinajstić information content (AvgIpc) is 3.09. The van der Waals surface area contributed by atoms with Gasteiger partial charge in [0.25, 0.3) is 0 Å². The van der Waals surface area contributed by atoms with E-state index in [-0.39, 0.29) is 12.5 Å². The number of urea groups is 1. The Hall–Kier alpha value is -2.67. The number of nitrogens with one attached hydrogen (secondary N) is 2. The summed E-state index contributed by atoms with van der Waals surface area (Å²) in [5.41, 5.74) is 1.85. The topological polar surface area (TPSA) is 87.5 Å². The Morgan fingerprint density at radius 1 is 1.23 bits per heavy atom. The minimum atomic E-state index is -0.444. The third-order valence-corrected chi connectivity index (χ3v) is 3.79. The van der Waals surface area contributed by atoms with E-state index >= 15 is 0 Å².